The lowest BCUT2D eigenvalue weighted by Gasteiger charge is -2.27. The molecule has 1 amide bonds. The third-order valence-electron chi connectivity index (χ3n) is 4.91. The predicted octanol–water partition coefficient (Wildman–Crippen LogP) is 4.63. The van der Waals surface area contributed by atoms with Crippen LogP contribution < -0.4 is 9.64 Å². The summed E-state index contributed by atoms with van der Waals surface area (Å²) in [5.74, 6) is -0.478. The number of rotatable bonds is 3. The summed E-state index contributed by atoms with van der Waals surface area (Å²) in [4.78, 5) is 15.9. The van der Waals surface area contributed by atoms with E-state index in [-0.39, 0.29) is 34.2 Å². The van der Waals surface area contributed by atoms with E-state index in [9.17, 15) is 14.4 Å². The van der Waals surface area contributed by atoms with Gasteiger partial charge in [-0.1, -0.05) is 23.7 Å². The number of nitrogens with zero attached hydrogens (tertiary/aromatic N) is 3. The largest absolute Gasteiger partial charge is 0.454 e. The molecular weight excluding hydrogens is 401 g/mol. The summed E-state index contributed by atoms with van der Waals surface area (Å²) in [6.45, 7) is 0.680. The van der Waals surface area contributed by atoms with Gasteiger partial charge in [0.15, 0.2) is 5.11 Å². The van der Waals surface area contributed by atoms with Crippen LogP contribution in [0.3, 0.4) is 0 Å². The predicted molar refractivity (Wildman–Crippen MR) is 107 cm³/mol. The molecule has 2 aliphatic rings. The maximum absolute atomic E-state index is 14.7. The zero-order valence-corrected chi connectivity index (χ0v) is 16.3. The number of ether oxygens (including phenoxy) is 1. The molecule has 0 aromatic heterocycles. The lowest BCUT2D eigenvalue weighted by Crippen LogP contribution is -2.38. The first-order valence-electron chi connectivity index (χ1n) is 8.82. The Hall–Kier alpha value is -2.69. The highest BCUT2D eigenvalue weighted by Gasteiger charge is 2.45. The number of nitriles is 1. The van der Waals surface area contributed by atoms with E-state index in [4.69, 9.17) is 28.6 Å². The van der Waals surface area contributed by atoms with Gasteiger partial charge in [0.2, 0.25) is 0 Å². The molecule has 142 valence electrons. The summed E-state index contributed by atoms with van der Waals surface area (Å²) < 4.78 is 20.5. The van der Waals surface area contributed by atoms with E-state index in [1.165, 1.54) is 11.0 Å². The molecule has 0 N–H and O–H groups in total. The fourth-order valence-electron chi connectivity index (χ4n) is 3.55. The number of carbonyl (C=O) groups is 1. The first-order chi connectivity index (χ1) is 13.5. The Morgan fingerprint density at radius 2 is 2.04 bits per heavy atom. The van der Waals surface area contributed by atoms with Crippen molar-refractivity contribution in [2.45, 2.75) is 25.3 Å². The summed E-state index contributed by atoms with van der Waals surface area (Å²) in [5.41, 5.74) is 0.313. The maximum Gasteiger partial charge on any atom is 0.256 e. The van der Waals surface area contributed by atoms with Crippen LogP contribution >= 0.6 is 23.8 Å². The number of anilines is 1. The third-order valence-corrected chi connectivity index (χ3v) is 5.63. The number of benzene rings is 2. The van der Waals surface area contributed by atoms with Crippen molar-refractivity contribution < 1.29 is 13.9 Å². The van der Waals surface area contributed by atoms with Gasteiger partial charge in [-0.05, 0) is 49.7 Å². The topological polar surface area (TPSA) is 56.6 Å². The molecule has 2 aromatic rings. The van der Waals surface area contributed by atoms with Crippen molar-refractivity contribution >= 4 is 40.5 Å². The Morgan fingerprint density at radius 1 is 1.25 bits per heavy atom. The van der Waals surface area contributed by atoms with Gasteiger partial charge in [0.05, 0.1) is 16.3 Å². The Labute approximate surface area is 171 Å². The monoisotopic (exact) mass is 415 g/mol. The van der Waals surface area contributed by atoms with Crippen LogP contribution in [-0.2, 0) is 4.79 Å². The Kier molecular flexibility index (Phi) is 4.92. The molecule has 1 atom stereocenters. The molecule has 4 rings (SSSR count). The number of hydrogen-bond acceptors (Lipinski definition) is 4. The standard InChI is InChI=1S/C20H15ClFN3O2S/c21-13-9-14(22)16(10-18(13)27-17-7-2-1-5-12(17)11-23)25-19(26)15-6-3-4-8-24(15)20(25)28/h1-2,5,7,9-10,15H,3-4,6,8H2. The quantitative estimate of drug-likeness (QED) is 0.684. The highest BCUT2D eigenvalue weighted by Crippen LogP contribution is 2.39. The number of halogens is 2. The zero-order valence-electron chi connectivity index (χ0n) is 14.7. The van der Waals surface area contributed by atoms with Gasteiger partial charge in [0.25, 0.3) is 5.91 Å². The van der Waals surface area contributed by atoms with Crippen LogP contribution in [0, 0.1) is 17.1 Å². The van der Waals surface area contributed by atoms with Crippen molar-refractivity contribution in [2.75, 3.05) is 11.4 Å². The second kappa shape index (κ2) is 7.38. The van der Waals surface area contributed by atoms with Crippen molar-refractivity contribution in [3.8, 4) is 17.6 Å². The number of para-hydroxylation sites is 1. The molecule has 2 aromatic carbocycles. The van der Waals surface area contributed by atoms with Gasteiger partial charge in [0.1, 0.15) is 29.4 Å². The SMILES string of the molecule is N#Cc1ccccc1Oc1cc(N2C(=O)C3CCCCN3C2=S)c(F)cc1Cl. The molecule has 1 unspecified atom stereocenters. The van der Waals surface area contributed by atoms with Crippen molar-refractivity contribution in [3.05, 3.63) is 52.8 Å². The summed E-state index contributed by atoms with van der Waals surface area (Å²) in [6.07, 6.45) is 2.58. The van der Waals surface area contributed by atoms with Gasteiger partial charge in [-0.15, -0.1) is 0 Å². The molecule has 2 heterocycles. The van der Waals surface area contributed by atoms with E-state index in [1.807, 2.05) is 11.0 Å². The molecule has 0 saturated carbocycles. The summed E-state index contributed by atoms with van der Waals surface area (Å²) >= 11 is 11.6. The normalized spacial score (nSPS) is 18.8. The third kappa shape index (κ3) is 3.09. The van der Waals surface area contributed by atoms with Crippen molar-refractivity contribution in [1.29, 1.82) is 5.26 Å². The van der Waals surface area contributed by atoms with Gasteiger partial charge in [-0.3, -0.25) is 9.69 Å². The highest BCUT2D eigenvalue weighted by molar-refractivity contribution is 7.80. The van der Waals surface area contributed by atoms with E-state index in [0.717, 1.165) is 18.9 Å². The fourth-order valence-corrected chi connectivity index (χ4v) is 4.14. The number of fused-ring (bicyclic) bond motifs is 1. The van der Waals surface area contributed by atoms with E-state index in [1.54, 1.807) is 24.3 Å². The molecule has 2 aliphatic heterocycles. The Morgan fingerprint density at radius 3 is 2.79 bits per heavy atom. The van der Waals surface area contributed by atoms with Crippen molar-refractivity contribution in [2.24, 2.45) is 0 Å². The summed E-state index contributed by atoms with van der Waals surface area (Å²) in [6, 6.07) is 10.8. The molecule has 8 heteroatoms. The van der Waals surface area contributed by atoms with E-state index in [2.05, 4.69) is 0 Å². The van der Waals surface area contributed by atoms with Crippen LogP contribution in [-0.4, -0.2) is 28.5 Å². The van der Waals surface area contributed by atoms with Crippen molar-refractivity contribution in [1.82, 2.24) is 4.90 Å². The minimum Gasteiger partial charge on any atom is -0.454 e. The Balaban J connectivity index is 1.73. The number of piperidine rings is 1. The fraction of sp³-hybridized carbons (Fsp3) is 0.250. The molecule has 2 fully saturated rings. The van der Waals surface area contributed by atoms with Crippen LogP contribution in [0.5, 0.6) is 11.5 Å². The van der Waals surface area contributed by atoms with Crippen LogP contribution in [0.4, 0.5) is 10.1 Å². The molecular formula is C20H15ClFN3O2S. The number of carbonyl (C=O) groups excluding carboxylic acids is 1. The number of thiocarbonyl (C=S) groups is 1. The lowest BCUT2D eigenvalue weighted by atomic mass is 10.0. The first kappa shape index (κ1) is 18.7. The minimum absolute atomic E-state index is 0.00163. The second-order valence-corrected chi connectivity index (χ2v) is 7.38. The van der Waals surface area contributed by atoms with Gasteiger partial charge in [-0.2, -0.15) is 5.26 Å². The zero-order chi connectivity index (χ0) is 19.8. The average molecular weight is 416 g/mol. The molecule has 2 saturated heterocycles. The molecule has 5 nitrogen and oxygen atoms in total. The number of amides is 1. The molecule has 0 bridgehead atoms. The lowest BCUT2D eigenvalue weighted by molar-refractivity contribution is -0.120. The van der Waals surface area contributed by atoms with Gasteiger partial charge in [0, 0.05) is 12.6 Å². The van der Waals surface area contributed by atoms with Crippen LogP contribution in [0.25, 0.3) is 0 Å². The van der Waals surface area contributed by atoms with E-state index < -0.39 is 5.82 Å². The van der Waals surface area contributed by atoms with E-state index in [0.29, 0.717) is 23.6 Å². The average Bonchev–Trinajstić information content (AvgIpc) is 2.95. The van der Waals surface area contributed by atoms with Gasteiger partial charge >= 0.3 is 0 Å². The smallest absolute Gasteiger partial charge is 0.256 e. The molecule has 28 heavy (non-hydrogen) atoms. The molecule has 0 radical (unpaired) electrons. The molecule has 0 aliphatic carbocycles. The summed E-state index contributed by atoms with van der Waals surface area (Å²) in [5, 5.41) is 9.55. The van der Waals surface area contributed by atoms with Crippen LogP contribution in [0.1, 0.15) is 24.8 Å². The Bertz CT molecular complexity index is 999. The van der Waals surface area contributed by atoms with Crippen molar-refractivity contribution in [3.63, 3.8) is 0 Å². The second-order valence-electron chi connectivity index (χ2n) is 6.61. The minimum atomic E-state index is -0.665. The van der Waals surface area contributed by atoms with Gasteiger partial charge < -0.3 is 9.64 Å². The number of hydrogen-bond donors (Lipinski definition) is 0. The van der Waals surface area contributed by atoms with Gasteiger partial charge in [-0.25, -0.2) is 4.39 Å². The highest BCUT2D eigenvalue weighted by atomic mass is 35.5. The van der Waals surface area contributed by atoms with Crippen LogP contribution in [0.15, 0.2) is 36.4 Å². The first-order valence-corrected chi connectivity index (χ1v) is 9.60. The molecule has 0 spiro atoms. The maximum atomic E-state index is 14.7. The van der Waals surface area contributed by atoms with E-state index >= 15 is 0 Å². The van der Waals surface area contributed by atoms with Crippen LogP contribution in [0.2, 0.25) is 5.02 Å². The summed E-state index contributed by atoms with van der Waals surface area (Å²) in [7, 11) is 0.